The number of hydrogen-bond donors (Lipinski definition) is 2. The molecule has 2 aromatic rings. The molecule has 0 saturated heterocycles. The Labute approximate surface area is 203 Å². The number of carbonyl (C=O) groups excluding carboxylic acids is 2. The van der Waals surface area contributed by atoms with E-state index in [0.29, 0.717) is 47.0 Å². The van der Waals surface area contributed by atoms with Gasteiger partial charge >= 0.3 is 0 Å². The SMILES string of the molecule is CCCSc1nc2n(n1)C(c1ccc(OCC(=O)N(CC)CC)c(OC)c1)C(C(N)=O)=C(C)N2. The predicted octanol–water partition coefficient (Wildman–Crippen LogP) is 2.81. The summed E-state index contributed by atoms with van der Waals surface area (Å²) in [4.78, 5) is 31.0. The number of fused-ring (bicyclic) bond motifs is 1. The minimum atomic E-state index is -0.586. The quantitative estimate of drug-likeness (QED) is 0.463. The Hall–Kier alpha value is -3.21. The average molecular weight is 489 g/mol. The molecule has 2 heterocycles. The summed E-state index contributed by atoms with van der Waals surface area (Å²) in [6.45, 7) is 8.86. The van der Waals surface area contributed by atoms with Gasteiger partial charge in [-0.2, -0.15) is 4.98 Å². The maximum absolute atomic E-state index is 12.4. The highest BCUT2D eigenvalue weighted by Crippen LogP contribution is 2.39. The van der Waals surface area contributed by atoms with E-state index in [0.717, 1.165) is 17.7 Å². The molecule has 1 aliphatic rings. The highest BCUT2D eigenvalue weighted by molar-refractivity contribution is 7.99. The van der Waals surface area contributed by atoms with Crippen LogP contribution in [0.15, 0.2) is 34.6 Å². The van der Waals surface area contributed by atoms with Crippen LogP contribution in [0.3, 0.4) is 0 Å². The Morgan fingerprint density at radius 1 is 1.24 bits per heavy atom. The molecule has 0 aliphatic carbocycles. The number of nitrogens with two attached hydrogens (primary N) is 1. The largest absolute Gasteiger partial charge is 0.493 e. The monoisotopic (exact) mass is 488 g/mol. The molecule has 0 fully saturated rings. The number of allylic oxidation sites excluding steroid dienone is 1. The minimum absolute atomic E-state index is 0.0957. The zero-order valence-electron chi connectivity index (χ0n) is 20.3. The van der Waals surface area contributed by atoms with E-state index in [9.17, 15) is 9.59 Å². The van der Waals surface area contributed by atoms with Crippen molar-refractivity contribution in [2.24, 2.45) is 5.73 Å². The van der Waals surface area contributed by atoms with Crippen LogP contribution >= 0.6 is 11.8 Å². The van der Waals surface area contributed by atoms with Crippen LogP contribution in [0.4, 0.5) is 5.95 Å². The average Bonchev–Trinajstić information content (AvgIpc) is 3.23. The van der Waals surface area contributed by atoms with Gasteiger partial charge in [0.15, 0.2) is 18.1 Å². The van der Waals surface area contributed by atoms with Crippen molar-refractivity contribution in [1.29, 1.82) is 0 Å². The van der Waals surface area contributed by atoms with Crippen molar-refractivity contribution < 1.29 is 19.1 Å². The summed E-state index contributed by atoms with van der Waals surface area (Å²) in [5.74, 6) is 1.63. The van der Waals surface area contributed by atoms with Crippen molar-refractivity contribution in [3.63, 3.8) is 0 Å². The standard InChI is InChI=1S/C23H32N6O4S/c1-6-11-34-23-26-22-25-14(4)19(21(24)31)20(29(22)27-23)15-9-10-16(17(12-15)32-5)33-13-18(30)28(7-2)8-3/h9-10,12,20H,6-8,11,13H2,1-5H3,(H2,24,31)(H,25,26,27). The Kier molecular flexibility index (Phi) is 8.43. The van der Waals surface area contributed by atoms with Gasteiger partial charge in [0.1, 0.15) is 6.04 Å². The second-order valence-electron chi connectivity index (χ2n) is 7.71. The van der Waals surface area contributed by atoms with Gasteiger partial charge in [0.05, 0.1) is 12.7 Å². The maximum Gasteiger partial charge on any atom is 0.260 e. The molecule has 0 bridgehead atoms. The number of thioether (sulfide) groups is 1. The number of nitrogens with zero attached hydrogens (tertiary/aromatic N) is 4. The molecule has 0 spiro atoms. The molecular weight excluding hydrogens is 456 g/mol. The first kappa shape index (κ1) is 25.4. The summed E-state index contributed by atoms with van der Waals surface area (Å²) in [6.07, 6.45) is 0.991. The predicted molar refractivity (Wildman–Crippen MR) is 131 cm³/mol. The molecule has 2 amide bonds. The Morgan fingerprint density at radius 2 is 1.97 bits per heavy atom. The highest BCUT2D eigenvalue weighted by atomic mass is 32.2. The Bertz CT molecular complexity index is 1080. The molecule has 3 N–H and O–H groups in total. The van der Waals surface area contributed by atoms with Gasteiger partial charge in [-0.1, -0.05) is 24.8 Å². The van der Waals surface area contributed by atoms with E-state index in [-0.39, 0.29) is 12.5 Å². The number of benzene rings is 1. The van der Waals surface area contributed by atoms with Crippen molar-refractivity contribution in [1.82, 2.24) is 19.7 Å². The van der Waals surface area contributed by atoms with E-state index in [1.807, 2.05) is 19.9 Å². The smallest absolute Gasteiger partial charge is 0.260 e. The molecule has 1 atom stereocenters. The van der Waals surface area contributed by atoms with Gasteiger partial charge in [-0.05, 0) is 44.9 Å². The van der Waals surface area contributed by atoms with Gasteiger partial charge < -0.3 is 25.4 Å². The van der Waals surface area contributed by atoms with Crippen molar-refractivity contribution in [2.75, 3.05) is 37.9 Å². The third-order valence-electron chi connectivity index (χ3n) is 5.50. The number of rotatable bonds is 11. The molecule has 1 aromatic carbocycles. The third-order valence-corrected chi connectivity index (χ3v) is 6.55. The van der Waals surface area contributed by atoms with E-state index in [4.69, 9.17) is 15.2 Å². The zero-order chi connectivity index (χ0) is 24.8. The molecule has 1 aromatic heterocycles. The number of ether oxygens (including phenoxy) is 2. The molecule has 1 aliphatic heterocycles. The van der Waals surface area contributed by atoms with Crippen LogP contribution in [-0.4, -0.2) is 64.0 Å². The van der Waals surface area contributed by atoms with Crippen LogP contribution in [0, 0.1) is 0 Å². The Balaban J connectivity index is 1.96. The van der Waals surface area contributed by atoms with Crippen LogP contribution in [0.25, 0.3) is 0 Å². The first-order valence-corrected chi connectivity index (χ1v) is 12.3. The first-order valence-electron chi connectivity index (χ1n) is 11.3. The number of likely N-dealkylation sites (N-methyl/N-ethyl adjacent to an activating group) is 1. The van der Waals surface area contributed by atoms with Crippen LogP contribution in [0.2, 0.25) is 0 Å². The number of hydrogen-bond acceptors (Lipinski definition) is 8. The lowest BCUT2D eigenvalue weighted by Gasteiger charge is -2.28. The summed E-state index contributed by atoms with van der Waals surface area (Å²) >= 11 is 1.55. The van der Waals surface area contributed by atoms with Gasteiger partial charge in [0.2, 0.25) is 17.0 Å². The lowest BCUT2D eigenvalue weighted by Crippen LogP contribution is -2.34. The second-order valence-corrected chi connectivity index (χ2v) is 8.77. The number of aromatic nitrogens is 3. The Morgan fingerprint density at radius 3 is 2.59 bits per heavy atom. The van der Waals surface area contributed by atoms with Gasteiger partial charge in [0, 0.05) is 24.5 Å². The van der Waals surface area contributed by atoms with E-state index in [1.165, 1.54) is 7.11 Å². The summed E-state index contributed by atoms with van der Waals surface area (Å²) in [6, 6.07) is 4.73. The summed E-state index contributed by atoms with van der Waals surface area (Å²) in [7, 11) is 1.52. The molecule has 34 heavy (non-hydrogen) atoms. The molecule has 184 valence electrons. The summed E-state index contributed by atoms with van der Waals surface area (Å²) in [5, 5.41) is 8.39. The van der Waals surface area contributed by atoms with E-state index >= 15 is 0 Å². The second kappa shape index (κ2) is 11.3. The molecule has 10 nitrogen and oxygen atoms in total. The van der Waals surface area contributed by atoms with Crippen molar-refractivity contribution >= 4 is 29.5 Å². The van der Waals surface area contributed by atoms with E-state index < -0.39 is 11.9 Å². The highest BCUT2D eigenvalue weighted by Gasteiger charge is 2.34. The fourth-order valence-electron chi connectivity index (χ4n) is 3.79. The fourth-order valence-corrected chi connectivity index (χ4v) is 4.48. The van der Waals surface area contributed by atoms with E-state index in [2.05, 4.69) is 22.3 Å². The molecule has 11 heteroatoms. The van der Waals surface area contributed by atoms with Crippen LogP contribution in [0.5, 0.6) is 11.5 Å². The van der Waals surface area contributed by atoms with E-state index in [1.54, 1.807) is 40.4 Å². The van der Waals surface area contributed by atoms with Gasteiger partial charge in [-0.25, -0.2) is 4.68 Å². The lowest BCUT2D eigenvalue weighted by atomic mass is 9.95. The first-order chi connectivity index (χ1) is 16.3. The maximum atomic E-state index is 12.4. The number of amides is 2. The number of anilines is 1. The normalized spacial score (nSPS) is 14.9. The number of carbonyl (C=O) groups is 2. The number of methoxy groups -OCH3 is 1. The van der Waals surface area contributed by atoms with Gasteiger partial charge in [0.25, 0.3) is 5.91 Å². The van der Waals surface area contributed by atoms with Crippen LogP contribution in [0.1, 0.15) is 45.7 Å². The van der Waals surface area contributed by atoms with Gasteiger partial charge in [-0.15, -0.1) is 5.10 Å². The molecule has 0 saturated carbocycles. The summed E-state index contributed by atoms with van der Waals surface area (Å²) in [5.41, 5.74) is 7.50. The van der Waals surface area contributed by atoms with Crippen molar-refractivity contribution in [3.05, 3.63) is 35.0 Å². The third kappa shape index (κ3) is 5.30. The molecular formula is C23H32N6O4S. The van der Waals surface area contributed by atoms with Crippen LogP contribution in [-0.2, 0) is 9.59 Å². The molecule has 1 unspecified atom stereocenters. The summed E-state index contributed by atoms with van der Waals surface area (Å²) < 4.78 is 13.0. The van der Waals surface area contributed by atoms with Crippen molar-refractivity contribution in [2.45, 2.75) is 45.3 Å². The lowest BCUT2D eigenvalue weighted by molar-refractivity contribution is -0.133. The molecule has 3 rings (SSSR count). The minimum Gasteiger partial charge on any atom is -0.493 e. The fraction of sp³-hybridized carbons (Fsp3) is 0.478. The van der Waals surface area contributed by atoms with Crippen LogP contribution < -0.4 is 20.5 Å². The topological polar surface area (TPSA) is 125 Å². The number of nitrogens with one attached hydrogen (secondary N) is 1. The van der Waals surface area contributed by atoms with Gasteiger partial charge in [-0.3, -0.25) is 9.59 Å². The van der Waals surface area contributed by atoms with Crippen molar-refractivity contribution in [3.8, 4) is 11.5 Å². The number of primary amides is 1. The molecule has 0 radical (unpaired) electrons. The zero-order valence-corrected chi connectivity index (χ0v) is 21.1.